The van der Waals surface area contributed by atoms with Crippen LogP contribution in [-0.4, -0.2) is 33.6 Å². The van der Waals surface area contributed by atoms with Gasteiger partial charge >= 0.3 is 5.97 Å². The molecule has 6 nitrogen and oxygen atoms in total. The molecule has 156 valence electrons. The SMILES string of the molecule is CCOC(=O)C(Cc1ccccc1)Nc1nc2ncccc2nc1Cc1ccccc1. The Morgan fingerprint density at radius 1 is 0.935 bits per heavy atom. The Morgan fingerprint density at radius 3 is 2.35 bits per heavy atom. The molecule has 2 aromatic carbocycles. The number of anilines is 1. The van der Waals surface area contributed by atoms with Crippen molar-refractivity contribution in [3.8, 4) is 0 Å². The molecule has 4 aromatic rings. The summed E-state index contributed by atoms with van der Waals surface area (Å²) in [5.74, 6) is 0.226. The van der Waals surface area contributed by atoms with Gasteiger partial charge in [0.1, 0.15) is 11.6 Å². The van der Waals surface area contributed by atoms with Gasteiger partial charge in [-0.3, -0.25) is 0 Å². The zero-order valence-electron chi connectivity index (χ0n) is 17.4. The molecule has 0 bridgehead atoms. The number of aromatic nitrogens is 3. The Hall–Kier alpha value is -3.80. The fourth-order valence-electron chi connectivity index (χ4n) is 3.41. The van der Waals surface area contributed by atoms with E-state index < -0.39 is 6.04 Å². The van der Waals surface area contributed by atoms with Crippen molar-refractivity contribution in [2.45, 2.75) is 25.8 Å². The van der Waals surface area contributed by atoms with Gasteiger partial charge in [0.25, 0.3) is 0 Å². The van der Waals surface area contributed by atoms with Gasteiger partial charge in [0.2, 0.25) is 0 Å². The number of nitrogens with zero attached hydrogens (tertiary/aromatic N) is 3. The van der Waals surface area contributed by atoms with Gasteiger partial charge in [0.05, 0.1) is 12.3 Å². The summed E-state index contributed by atoms with van der Waals surface area (Å²) in [4.78, 5) is 26.6. The van der Waals surface area contributed by atoms with Crippen LogP contribution < -0.4 is 5.32 Å². The van der Waals surface area contributed by atoms with E-state index in [1.54, 1.807) is 13.1 Å². The van der Waals surface area contributed by atoms with E-state index in [4.69, 9.17) is 14.7 Å². The Kier molecular flexibility index (Phi) is 6.47. The first kappa shape index (κ1) is 20.5. The molecule has 0 aliphatic carbocycles. The summed E-state index contributed by atoms with van der Waals surface area (Å²) in [5, 5.41) is 3.30. The minimum absolute atomic E-state index is 0.313. The number of hydrogen-bond donors (Lipinski definition) is 1. The number of carbonyl (C=O) groups excluding carboxylic acids is 1. The quantitative estimate of drug-likeness (QED) is 0.437. The predicted octanol–water partition coefficient (Wildman–Crippen LogP) is 4.20. The van der Waals surface area contributed by atoms with Crippen LogP contribution in [0.3, 0.4) is 0 Å². The zero-order chi connectivity index (χ0) is 21.5. The van der Waals surface area contributed by atoms with E-state index in [-0.39, 0.29) is 5.97 Å². The molecule has 1 unspecified atom stereocenters. The first-order valence-corrected chi connectivity index (χ1v) is 10.4. The molecule has 2 heterocycles. The smallest absolute Gasteiger partial charge is 0.328 e. The lowest BCUT2D eigenvalue weighted by Crippen LogP contribution is -2.34. The Balaban J connectivity index is 1.70. The third kappa shape index (κ3) is 5.22. The molecule has 0 aliphatic rings. The summed E-state index contributed by atoms with van der Waals surface area (Å²) in [5.41, 5.74) is 4.15. The molecule has 0 fully saturated rings. The van der Waals surface area contributed by atoms with E-state index in [1.807, 2.05) is 72.8 Å². The third-order valence-corrected chi connectivity index (χ3v) is 4.89. The Morgan fingerprint density at radius 2 is 1.65 bits per heavy atom. The van der Waals surface area contributed by atoms with E-state index in [0.29, 0.717) is 30.9 Å². The summed E-state index contributed by atoms with van der Waals surface area (Å²) in [6.07, 6.45) is 2.75. The van der Waals surface area contributed by atoms with Crippen LogP contribution in [0.15, 0.2) is 79.0 Å². The van der Waals surface area contributed by atoms with Crippen LogP contribution in [-0.2, 0) is 22.4 Å². The van der Waals surface area contributed by atoms with Crippen molar-refractivity contribution in [1.29, 1.82) is 0 Å². The number of carbonyl (C=O) groups is 1. The highest BCUT2D eigenvalue weighted by molar-refractivity contribution is 5.80. The highest BCUT2D eigenvalue weighted by Crippen LogP contribution is 2.21. The van der Waals surface area contributed by atoms with Crippen LogP contribution in [0, 0.1) is 0 Å². The maximum Gasteiger partial charge on any atom is 0.328 e. The molecule has 31 heavy (non-hydrogen) atoms. The maximum atomic E-state index is 12.7. The highest BCUT2D eigenvalue weighted by Gasteiger charge is 2.23. The van der Waals surface area contributed by atoms with E-state index in [2.05, 4.69) is 10.3 Å². The summed E-state index contributed by atoms with van der Waals surface area (Å²) in [6.45, 7) is 2.12. The first-order valence-electron chi connectivity index (χ1n) is 10.4. The molecule has 2 aromatic heterocycles. The van der Waals surface area contributed by atoms with Gasteiger partial charge in [0, 0.05) is 19.0 Å². The predicted molar refractivity (Wildman–Crippen MR) is 121 cm³/mol. The molecule has 0 saturated heterocycles. The van der Waals surface area contributed by atoms with E-state index >= 15 is 0 Å². The molecule has 0 amide bonds. The summed E-state index contributed by atoms with van der Waals surface area (Å²) < 4.78 is 5.33. The van der Waals surface area contributed by atoms with Crippen molar-refractivity contribution in [2.24, 2.45) is 0 Å². The third-order valence-electron chi connectivity index (χ3n) is 4.89. The molecule has 0 spiro atoms. The van der Waals surface area contributed by atoms with Crippen molar-refractivity contribution in [3.63, 3.8) is 0 Å². The van der Waals surface area contributed by atoms with E-state index in [0.717, 1.165) is 22.3 Å². The van der Waals surface area contributed by atoms with Crippen LogP contribution in [0.1, 0.15) is 23.7 Å². The maximum absolute atomic E-state index is 12.7. The average Bonchev–Trinajstić information content (AvgIpc) is 2.80. The van der Waals surface area contributed by atoms with Gasteiger partial charge in [-0.1, -0.05) is 60.7 Å². The van der Waals surface area contributed by atoms with Crippen molar-refractivity contribution >= 4 is 23.0 Å². The van der Waals surface area contributed by atoms with Crippen LogP contribution in [0.5, 0.6) is 0 Å². The molecule has 4 rings (SSSR count). The van der Waals surface area contributed by atoms with E-state index in [1.165, 1.54) is 0 Å². The minimum Gasteiger partial charge on any atom is -0.464 e. The van der Waals surface area contributed by atoms with Gasteiger partial charge in [0.15, 0.2) is 11.5 Å². The molecule has 0 aliphatic heterocycles. The Labute approximate surface area is 181 Å². The van der Waals surface area contributed by atoms with Gasteiger partial charge in [-0.05, 0) is 30.2 Å². The zero-order valence-corrected chi connectivity index (χ0v) is 17.4. The van der Waals surface area contributed by atoms with Gasteiger partial charge in [-0.15, -0.1) is 0 Å². The van der Waals surface area contributed by atoms with Crippen LogP contribution in [0.2, 0.25) is 0 Å². The van der Waals surface area contributed by atoms with Crippen molar-refractivity contribution in [2.75, 3.05) is 11.9 Å². The summed E-state index contributed by atoms with van der Waals surface area (Å²) in [7, 11) is 0. The summed E-state index contributed by atoms with van der Waals surface area (Å²) >= 11 is 0. The number of rotatable bonds is 8. The monoisotopic (exact) mass is 412 g/mol. The standard InChI is InChI=1S/C25H24N4O2/c1-2-31-25(30)22(17-19-12-7-4-8-13-19)28-24-21(16-18-10-5-3-6-11-18)27-20-14-9-15-26-23(20)29-24/h3-15,22H,2,16-17H2,1H3,(H,26,28,29). The number of nitrogens with one attached hydrogen (secondary N) is 1. The van der Waals surface area contributed by atoms with Crippen LogP contribution in [0.4, 0.5) is 5.82 Å². The summed E-state index contributed by atoms with van der Waals surface area (Å²) in [6, 6.07) is 23.1. The van der Waals surface area contributed by atoms with Crippen molar-refractivity contribution < 1.29 is 9.53 Å². The van der Waals surface area contributed by atoms with E-state index in [9.17, 15) is 4.79 Å². The number of hydrogen-bond acceptors (Lipinski definition) is 6. The van der Waals surface area contributed by atoms with Gasteiger partial charge < -0.3 is 10.1 Å². The van der Waals surface area contributed by atoms with Crippen molar-refractivity contribution in [1.82, 2.24) is 15.0 Å². The highest BCUT2D eigenvalue weighted by atomic mass is 16.5. The Bertz CT molecular complexity index is 1150. The average molecular weight is 412 g/mol. The molecule has 0 radical (unpaired) electrons. The number of esters is 1. The second-order valence-corrected chi connectivity index (χ2v) is 7.17. The molecular weight excluding hydrogens is 388 g/mol. The number of pyridine rings is 1. The van der Waals surface area contributed by atoms with Crippen LogP contribution in [0.25, 0.3) is 11.2 Å². The lowest BCUT2D eigenvalue weighted by atomic mass is 10.1. The topological polar surface area (TPSA) is 77.0 Å². The fourth-order valence-corrected chi connectivity index (χ4v) is 3.41. The fraction of sp³-hybridized carbons (Fsp3) is 0.200. The van der Waals surface area contributed by atoms with Gasteiger partial charge in [-0.2, -0.15) is 0 Å². The number of fused-ring (bicyclic) bond motifs is 1. The number of ether oxygens (including phenoxy) is 1. The normalized spacial score (nSPS) is 11.8. The second kappa shape index (κ2) is 9.80. The molecular formula is C25H24N4O2. The first-order chi connectivity index (χ1) is 15.2. The molecule has 0 saturated carbocycles. The lowest BCUT2D eigenvalue weighted by molar-refractivity contribution is -0.144. The van der Waals surface area contributed by atoms with Crippen LogP contribution >= 0.6 is 0 Å². The molecule has 6 heteroatoms. The van der Waals surface area contributed by atoms with Crippen molar-refractivity contribution in [3.05, 3.63) is 95.8 Å². The second-order valence-electron chi connectivity index (χ2n) is 7.17. The molecule has 1 atom stereocenters. The largest absolute Gasteiger partial charge is 0.464 e. The van der Waals surface area contributed by atoms with Gasteiger partial charge in [-0.25, -0.2) is 19.7 Å². The number of benzene rings is 2. The molecule has 1 N–H and O–H groups in total. The lowest BCUT2D eigenvalue weighted by Gasteiger charge is -2.20. The minimum atomic E-state index is -0.590.